The molecule has 0 aliphatic carbocycles. The number of aromatic carboxylic acids is 1. The van der Waals surface area contributed by atoms with E-state index in [1.165, 1.54) is 0 Å². The third kappa shape index (κ3) is 2.63. The lowest BCUT2D eigenvalue weighted by Gasteiger charge is -2.08. The number of hydrogen-bond donors (Lipinski definition) is 1. The minimum Gasteiger partial charge on any atom is -0.478 e. The molecule has 18 heavy (non-hydrogen) atoms. The Morgan fingerprint density at radius 2 is 1.94 bits per heavy atom. The highest BCUT2D eigenvalue weighted by Gasteiger charge is 2.12. The van der Waals surface area contributed by atoms with Crippen LogP contribution in [0.15, 0.2) is 30.3 Å². The Hall–Kier alpha value is -2.43. The maximum Gasteiger partial charge on any atom is 0.339 e. The van der Waals surface area contributed by atoms with Crippen LogP contribution in [-0.4, -0.2) is 21.3 Å². The summed E-state index contributed by atoms with van der Waals surface area (Å²) in [7, 11) is 0. The van der Waals surface area contributed by atoms with E-state index in [9.17, 15) is 4.79 Å². The minimum absolute atomic E-state index is 0.109. The van der Waals surface area contributed by atoms with Gasteiger partial charge in [-0.15, -0.1) is 5.10 Å². The van der Waals surface area contributed by atoms with Crippen LogP contribution >= 0.6 is 0 Å². The normalized spacial score (nSPS) is 10.1. The van der Waals surface area contributed by atoms with E-state index < -0.39 is 5.97 Å². The average Bonchev–Trinajstić information content (AvgIpc) is 2.34. The van der Waals surface area contributed by atoms with Crippen LogP contribution in [0.3, 0.4) is 0 Å². The molecule has 0 saturated carbocycles. The lowest BCUT2D eigenvalue weighted by atomic mass is 10.1. The van der Waals surface area contributed by atoms with Gasteiger partial charge in [0.1, 0.15) is 11.3 Å². The van der Waals surface area contributed by atoms with Crippen LogP contribution in [0.4, 0.5) is 0 Å². The molecule has 1 heterocycles. The molecule has 5 heteroatoms. The van der Waals surface area contributed by atoms with Crippen molar-refractivity contribution in [2.24, 2.45) is 0 Å². The van der Waals surface area contributed by atoms with Gasteiger partial charge >= 0.3 is 5.97 Å². The zero-order valence-electron chi connectivity index (χ0n) is 10.0. The lowest BCUT2D eigenvalue weighted by Crippen LogP contribution is -2.01. The van der Waals surface area contributed by atoms with Crippen molar-refractivity contribution < 1.29 is 14.6 Å². The third-order valence-electron chi connectivity index (χ3n) is 2.35. The number of carbonyl (C=O) groups is 1. The molecule has 0 atom stereocenters. The molecule has 1 aromatic carbocycles. The van der Waals surface area contributed by atoms with Crippen molar-refractivity contribution in [3.8, 4) is 11.6 Å². The van der Waals surface area contributed by atoms with E-state index in [0.717, 1.165) is 11.3 Å². The Bertz CT molecular complexity index is 579. The van der Waals surface area contributed by atoms with Crippen molar-refractivity contribution in [2.45, 2.75) is 13.8 Å². The van der Waals surface area contributed by atoms with Gasteiger partial charge in [-0.3, -0.25) is 0 Å². The van der Waals surface area contributed by atoms with Crippen LogP contribution in [0.1, 0.15) is 21.6 Å². The molecule has 0 unspecified atom stereocenters. The van der Waals surface area contributed by atoms with E-state index in [1.807, 2.05) is 13.8 Å². The molecule has 1 N–H and O–H groups in total. The number of carboxylic acid groups (broad SMARTS) is 1. The van der Waals surface area contributed by atoms with Crippen LogP contribution in [0.25, 0.3) is 0 Å². The summed E-state index contributed by atoms with van der Waals surface area (Å²) in [5, 5.41) is 16.8. The first kappa shape index (κ1) is 12.0. The maximum atomic E-state index is 11.1. The first-order valence-electron chi connectivity index (χ1n) is 5.38. The summed E-state index contributed by atoms with van der Waals surface area (Å²) in [6.07, 6.45) is 0. The van der Waals surface area contributed by atoms with E-state index in [-0.39, 0.29) is 17.2 Å². The van der Waals surface area contributed by atoms with E-state index >= 15 is 0 Å². The van der Waals surface area contributed by atoms with Gasteiger partial charge in [-0.2, -0.15) is 5.10 Å². The van der Waals surface area contributed by atoms with E-state index in [4.69, 9.17) is 9.84 Å². The first-order chi connectivity index (χ1) is 8.56. The SMILES string of the molecule is Cc1ccc(Oc2ccc(C)nn2)c(C(=O)O)c1. The number of benzene rings is 1. The Balaban J connectivity index is 2.34. The standard InChI is InChI=1S/C13H12N2O3/c1-8-3-5-11(10(7-8)13(16)17)18-12-6-4-9(2)14-15-12/h3-7H,1-2H3,(H,16,17). The van der Waals surface area contributed by atoms with Crippen molar-refractivity contribution in [1.82, 2.24) is 10.2 Å². The van der Waals surface area contributed by atoms with E-state index in [1.54, 1.807) is 30.3 Å². The molecule has 0 saturated heterocycles. The highest BCUT2D eigenvalue weighted by Crippen LogP contribution is 2.24. The number of hydrogen-bond acceptors (Lipinski definition) is 4. The van der Waals surface area contributed by atoms with Gasteiger partial charge in [0.15, 0.2) is 0 Å². The van der Waals surface area contributed by atoms with Crippen molar-refractivity contribution in [3.63, 3.8) is 0 Å². The summed E-state index contributed by atoms with van der Waals surface area (Å²) in [5.74, 6) is -0.507. The second-order valence-electron chi connectivity index (χ2n) is 3.92. The molecule has 92 valence electrons. The number of aromatic nitrogens is 2. The summed E-state index contributed by atoms with van der Waals surface area (Å²) >= 11 is 0. The Labute approximate surface area is 104 Å². The second-order valence-corrected chi connectivity index (χ2v) is 3.92. The molecule has 2 aromatic rings. The summed E-state index contributed by atoms with van der Waals surface area (Å²) < 4.78 is 5.43. The van der Waals surface area contributed by atoms with Crippen LogP contribution in [0.2, 0.25) is 0 Å². The fraction of sp³-hybridized carbons (Fsp3) is 0.154. The van der Waals surface area contributed by atoms with Gasteiger partial charge in [-0.1, -0.05) is 11.6 Å². The number of rotatable bonds is 3. The van der Waals surface area contributed by atoms with Crippen LogP contribution in [-0.2, 0) is 0 Å². The second kappa shape index (κ2) is 4.83. The van der Waals surface area contributed by atoms with Crippen molar-refractivity contribution >= 4 is 5.97 Å². The molecule has 0 amide bonds. The Morgan fingerprint density at radius 3 is 2.56 bits per heavy atom. The number of carboxylic acids is 1. The maximum absolute atomic E-state index is 11.1. The van der Waals surface area contributed by atoms with Crippen molar-refractivity contribution in [1.29, 1.82) is 0 Å². The Morgan fingerprint density at radius 1 is 1.17 bits per heavy atom. The monoisotopic (exact) mass is 244 g/mol. The lowest BCUT2D eigenvalue weighted by molar-refractivity contribution is 0.0694. The summed E-state index contributed by atoms with van der Waals surface area (Å²) in [6.45, 7) is 3.63. The molecule has 1 aromatic heterocycles. The molecule has 5 nitrogen and oxygen atoms in total. The number of ether oxygens (including phenoxy) is 1. The summed E-state index contributed by atoms with van der Waals surface area (Å²) in [4.78, 5) is 11.1. The first-order valence-corrected chi connectivity index (χ1v) is 5.38. The van der Waals surface area contributed by atoms with Gasteiger partial charge in [-0.05, 0) is 32.0 Å². The molecule has 0 radical (unpaired) electrons. The minimum atomic E-state index is -1.03. The molecule has 0 bridgehead atoms. The summed E-state index contributed by atoms with van der Waals surface area (Å²) in [5.41, 5.74) is 1.73. The number of nitrogens with zero attached hydrogens (tertiary/aromatic N) is 2. The highest BCUT2D eigenvalue weighted by molar-refractivity contribution is 5.91. The van der Waals surface area contributed by atoms with Gasteiger partial charge in [0.25, 0.3) is 0 Å². The quantitative estimate of drug-likeness (QED) is 0.898. The topological polar surface area (TPSA) is 72.3 Å². The van der Waals surface area contributed by atoms with Gasteiger partial charge < -0.3 is 9.84 Å². The zero-order chi connectivity index (χ0) is 13.1. The van der Waals surface area contributed by atoms with Gasteiger partial charge in [0, 0.05) is 6.07 Å². The van der Waals surface area contributed by atoms with Gasteiger partial charge in [0.05, 0.1) is 5.69 Å². The average molecular weight is 244 g/mol. The van der Waals surface area contributed by atoms with Gasteiger partial charge in [0.2, 0.25) is 5.88 Å². The van der Waals surface area contributed by atoms with Crippen molar-refractivity contribution in [2.75, 3.05) is 0 Å². The molecule has 0 aliphatic heterocycles. The molecular weight excluding hydrogens is 232 g/mol. The Kier molecular flexibility index (Phi) is 3.23. The van der Waals surface area contributed by atoms with Crippen molar-refractivity contribution in [3.05, 3.63) is 47.2 Å². The zero-order valence-corrected chi connectivity index (χ0v) is 10.0. The van der Waals surface area contributed by atoms with Crippen LogP contribution < -0.4 is 4.74 Å². The van der Waals surface area contributed by atoms with E-state index in [2.05, 4.69) is 10.2 Å². The largest absolute Gasteiger partial charge is 0.478 e. The van der Waals surface area contributed by atoms with Crippen LogP contribution in [0, 0.1) is 13.8 Å². The summed E-state index contributed by atoms with van der Waals surface area (Å²) in [6, 6.07) is 8.34. The third-order valence-corrected chi connectivity index (χ3v) is 2.35. The smallest absolute Gasteiger partial charge is 0.339 e. The molecule has 0 fully saturated rings. The fourth-order valence-corrected chi connectivity index (χ4v) is 1.45. The predicted octanol–water partition coefficient (Wildman–Crippen LogP) is 2.58. The predicted molar refractivity (Wildman–Crippen MR) is 65.0 cm³/mol. The van der Waals surface area contributed by atoms with E-state index in [0.29, 0.717) is 0 Å². The molecular formula is C13H12N2O3. The highest BCUT2D eigenvalue weighted by atomic mass is 16.5. The molecule has 2 rings (SSSR count). The van der Waals surface area contributed by atoms with Gasteiger partial charge in [-0.25, -0.2) is 4.79 Å². The number of aryl methyl sites for hydroxylation is 2. The van der Waals surface area contributed by atoms with Crippen LogP contribution in [0.5, 0.6) is 11.6 Å². The fourth-order valence-electron chi connectivity index (χ4n) is 1.45. The molecule has 0 spiro atoms. The molecule has 0 aliphatic rings.